The molecule has 1 rings (SSSR count). The molecule has 1 aromatic rings. The van der Waals surface area contributed by atoms with E-state index in [9.17, 15) is 10.1 Å². The van der Waals surface area contributed by atoms with Crippen molar-refractivity contribution in [2.75, 3.05) is 5.43 Å². The van der Waals surface area contributed by atoms with Crippen molar-refractivity contribution in [2.45, 2.75) is 39.9 Å². The number of hydrogen-bond acceptors (Lipinski definition) is 5. The molecule has 3 N–H and O–H groups in total. The Kier molecular flexibility index (Phi) is 5.72. The first-order chi connectivity index (χ1) is 8.93. The Morgan fingerprint density at radius 1 is 1.42 bits per heavy atom. The number of nitrogens with zero attached hydrogens (tertiary/aromatic N) is 1. The minimum absolute atomic E-state index is 0.0416. The van der Waals surface area contributed by atoms with Crippen molar-refractivity contribution in [3.05, 3.63) is 33.9 Å². The van der Waals surface area contributed by atoms with Crippen molar-refractivity contribution in [3.63, 3.8) is 0 Å². The highest BCUT2D eigenvalue weighted by Gasteiger charge is 2.14. The van der Waals surface area contributed by atoms with Crippen molar-refractivity contribution in [2.24, 2.45) is 11.8 Å². The number of ether oxygens (including phenoxy) is 1. The van der Waals surface area contributed by atoms with E-state index in [4.69, 9.17) is 10.6 Å². The van der Waals surface area contributed by atoms with Crippen molar-refractivity contribution in [3.8, 4) is 0 Å². The Bertz CT molecular complexity index is 435. The Morgan fingerprint density at radius 3 is 2.63 bits per heavy atom. The summed E-state index contributed by atoms with van der Waals surface area (Å²) in [6.07, 6.45) is 1.09. The molecule has 0 bridgehead atoms. The largest absolute Gasteiger partial charge is 0.374 e. The highest BCUT2D eigenvalue weighted by molar-refractivity contribution is 5.61. The van der Waals surface area contributed by atoms with Gasteiger partial charge in [0.05, 0.1) is 17.6 Å². The average molecular weight is 267 g/mol. The summed E-state index contributed by atoms with van der Waals surface area (Å²) >= 11 is 0. The summed E-state index contributed by atoms with van der Waals surface area (Å²) in [4.78, 5) is 10.4. The van der Waals surface area contributed by atoms with E-state index >= 15 is 0 Å². The highest BCUT2D eigenvalue weighted by atomic mass is 16.6. The minimum atomic E-state index is -0.462. The summed E-state index contributed by atoms with van der Waals surface area (Å²) in [6.45, 7) is 6.63. The lowest BCUT2D eigenvalue weighted by atomic mass is 10.1. The SMILES string of the molecule is CC(C)CC(C)OCc1ccc(NN)c([N+](=O)[O-])c1. The molecule has 1 aromatic carbocycles. The molecule has 106 valence electrons. The molecule has 0 saturated heterocycles. The van der Waals surface area contributed by atoms with E-state index in [0.29, 0.717) is 18.2 Å². The van der Waals surface area contributed by atoms with Gasteiger partial charge in [0.2, 0.25) is 0 Å². The smallest absolute Gasteiger partial charge is 0.294 e. The topological polar surface area (TPSA) is 90.4 Å². The maximum atomic E-state index is 10.9. The molecule has 0 heterocycles. The van der Waals surface area contributed by atoms with Gasteiger partial charge >= 0.3 is 0 Å². The standard InChI is InChI=1S/C13H21N3O3/c1-9(2)6-10(3)19-8-11-4-5-12(15-14)13(7-11)16(17)18/h4-5,7,9-10,15H,6,8,14H2,1-3H3. The first-order valence-corrected chi connectivity index (χ1v) is 6.29. The Balaban J connectivity index is 2.69. The van der Waals surface area contributed by atoms with Gasteiger partial charge in [0.15, 0.2) is 0 Å². The third-order valence-electron chi connectivity index (χ3n) is 2.75. The zero-order valence-electron chi connectivity index (χ0n) is 11.6. The van der Waals surface area contributed by atoms with Crippen LogP contribution in [0.25, 0.3) is 0 Å². The molecule has 6 heteroatoms. The molecular formula is C13H21N3O3. The van der Waals surface area contributed by atoms with Gasteiger partial charge in [-0.15, -0.1) is 0 Å². The fraction of sp³-hybridized carbons (Fsp3) is 0.538. The summed E-state index contributed by atoms with van der Waals surface area (Å²) in [6, 6.07) is 4.84. The van der Waals surface area contributed by atoms with Gasteiger partial charge in [0, 0.05) is 6.07 Å². The van der Waals surface area contributed by atoms with Crippen molar-refractivity contribution in [1.82, 2.24) is 0 Å². The second-order valence-corrected chi connectivity index (χ2v) is 5.00. The van der Waals surface area contributed by atoms with Crippen LogP contribution in [0.1, 0.15) is 32.8 Å². The van der Waals surface area contributed by atoms with Crippen LogP contribution in [-0.4, -0.2) is 11.0 Å². The van der Waals surface area contributed by atoms with Crippen molar-refractivity contribution >= 4 is 11.4 Å². The van der Waals surface area contributed by atoms with E-state index in [0.717, 1.165) is 12.0 Å². The number of nitro groups is 1. The number of nitrogens with two attached hydrogens (primary N) is 1. The zero-order valence-corrected chi connectivity index (χ0v) is 11.6. The van der Waals surface area contributed by atoms with E-state index in [1.54, 1.807) is 12.1 Å². The summed E-state index contributed by atoms with van der Waals surface area (Å²) < 4.78 is 5.67. The number of nitrogens with one attached hydrogen (secondary N) is 1. The van der Waals surface area contributed by atoms with Crippen LogP contribution >= 0.6 is 0 Å². The minimum Gasteiger partial charge on any atom is -0.374 e. The number of anilines is 1. The average Bonchev–Trinajstić information content (AvgIpc) is 2.35. The summed E-state index contributed by atoms with van der Waals surface area (Å²) in [5, 5.41) is 10.9. The quantitative estimate of drug-likeness (QED) is 0.450. The summed E-state index contributed by atoms with van der Waals surface area (Å²) in [5.74, 6) is 5.79. The normalized spacial score (nSPS) is 12.5. The van der Waals surface area contributed by atoms with Gasteiger partial charge < -0.3 is 10.2 Å². The van der Waals surface area contributed by atoms with Crippen LogP contribution in [0.4, 0.5) is 11.4 Å². The molecule has 0 saturated carbocycles. The van der Waals surface area contributed by atoms with Crippen LogP contribution in [0.2, 0.25) is 0 Å². The lowest BCUT2D eigenvalue weighted by molar-refractivity contribution is -0.384. The lowest BCUT2D eigenvalue weighted by Gasteiger charge is -2.15. The van der Waals surface area contributed by atoms with Crippen LogP contribution in [0.15, 0.2) is 18.2 Å². The monoisotopic (exact) mass is 267 g/mol. The third kappa shape index (κ3) is 4.84. The molecule has 0 aliphatic rings. The van der Waals surface area contributed by atoms with E-state index in [1.807, 2.05) is 6.92 Å². The second-order valence-electron chi connectivity index (χ2n) is 5.00. The Labute approximate surface area is 113 Å². The van der Waals surface area contributed by atoms with Crippen LogP contribution in [0.5, 0.6) is 0 Å². The van der Waals surface area contributed by atoms with Crippen LogP contribution in [0.3, 0.4) is 0 Å². The molecule has 0 radical (unpaired) electrons. The Morgan fingerprint density at radius 2 is 2.11 bits per heavy atom. The lowest BCUT2D eigenvalue weighted by Crippen LogP contribution is -2.12. The molecule has 19 heavy (non-hydrogen) atoms. The third-order valence-corrected chi connectivity index (χ3v) is 2.75. The van der Waals surface area contributed by atoms with Gasteiger partial charge in [-0.25, -0.2) is 0 Å². The summed E-state index contributed by atoms with van der Waals surface area (Å²) in [5.41, 5.74) is 3.33. The van der Waals surface area contributed by atoms with E-state index < -0.39 is 4.92 Å². The van der Waals surface area contributed by atoms with Crippen molar-refractivity contribution < 1.29 is 9.66 Å². The second kappa shape index (κ2) is 7.06. The van der Waals surface area contributed by atoms with Crippen LogP contribution in [0, 0.1) is 16.0 Å². The molecule has 6 nitrogen and oxygen atoms in total. The summed E-state index contributed by atoms with van der Waals surface area (Å²) in [7, 11) is 0. The number of hydrazine groups is 1. The fourth-order valence-electron chi connectivity index (χ4n) is 1.91. The zero-order chi connectivity index (χ0) is 14.4. The molecule has 0 aliphatic heterocycles. The molecule has 0 aromatic heterocycles. The number of rotatable bonds is 7. The number of nitro benzene ring substituents is 1. The van der Waals surface area contributed by atoms with Crippen LogP contribution in [-0.2, 0) is 11.3 Å². The first kappa shape index (κ1) is 15.4. The van der Waals surface area contributed by atoms with E-state index in [2.05, 4.69) is 19.3 Å². The predicted octanol–water partition coefficient (Wildman–Crippen LogP) is 2.83. The van der Waals surface area contributed by atoms with Gasteiger partial charge in [-0.1, -0.05) is 19.9 Å². The molecule has 1 atom stereocenters. The van der Waals surface area contributed by atoms with E-state index in [1.165, 1.54) is 6.07 Å². The predicted molar refractivity (Wildman–Crippen MR) is 74.6 cm³/mol. The number of nitrogen functional groups attached to an aromatic ring is 1. The maximum absolute atomic E-state index is 10.9. The van der Waals surface area contributed by atoms with Gasteiger partial charge in [0.25, 0.3) is 5.69 Å². The van der Waals surface area contributed by atoms with Gasteiger partial charge in [-0.2, -0.15) is 0 Å². The van der Waals surface area contributed by atoms with E-state index in [-0.39, 0.29) is 11.8 Å². The maximum Gasteiger partial charge on any atom is 0.294 e. The van der Waals surface area contributed by atoms with Gasteiger partial charge in [-0.3, -0.25) is 16.0 Å². The van der Waals surface area contributed by atoms with Crippen LogP contribution < -0.4 is 11.3 Å². The number of benzene rings is 1. The number of hydrogen-bond donors (Lipinski definition) is 2. The molecule has 0 spiro atoms. The first-order valence-electron chi connectivity index (χ1n) is 6.29. The van der Waals surface area contributed by atoms with Gasteiger partial charge in [-0.05, 0) is 30.9 Å². The highest BCUT2D eigenvalue weighted by Crippen LogP contribution is 2.25. The molecule has 1 unspecified atom stereocenters. The molecule has 0 amide bonds. The molecular weight excluding hydrogens is 246 g/mol. The van der Waals surface area contributed by atoms with Gasteiger partial charge in [0.1, 0.15) is 5.69 Å². The van der Waals surface area contributed by atoms with Crippen molar-refractivity contribution in [1.29, 1.82) is 0 Å². The fourth-order valence-corrected chi connectivity index (χ4v) is 1.91. The Hall–Kier alpha value is -1.66. The molecule has 0 fully saturated rings. The molecule has 0 aliphatic carbocycles.